The van der Waals surface area contributed by atoms with E-state index in [-0.39, 0.29) is 23.4 Å². The van der Waals surface area contributed by atoms with Crippen LogP contribution in [0.25, 0.3) is 0 Å². The lowest BCUT2D eigenvalue weighted by molar-refractivity contribution is -0.120. The Morgan fingerprint density at radius 1 is 0.848 bits per heavy atom. The molecule has 3 rings (SSSR count). The number of hydrogen-bond donors (Lipinski definition) is 1. The molecule has 33 heavy (non-hydrogen) atoms. The van der Waals surface area contributed by atoms with E-state index >= 15 is 0 Å². The number of nitrogens with zero attached hydrogens (tertiary/aromatic N) is 1. The molecule has 0 fully saturated rings. The molecule has 0 heterocycles. The summed E-state index contributed by atoms with van der Waals surface area (Å²) < 4.78 is 28.4. The Hall–Kier alpha value is -3.12. The number of hydrogen-bond acceptors (Lipinski definition) is 3. The van der Waals surface area contributed by atoms with Crippen molar-refractivity contribution in [2.45, 2.75) is 52.0 Å². The molecule has 0 saturated heterocycles. The highest BCUT2D eigenvalue weighted by Crippen LogP contribution is 2.26. The maximum atomic E-state index is 13.6. The van der Waals surface area contributed by atoms with Gasteiger partial charge in [-0.15, -0.1) is 0 Å². The van der Waals surface area contributed by atoms with Crippen LogP contribution in [0.15, 0.2) is 71.6 Å². The van der Waals surface area contributed by atoms with Crippen LogP contribution in [0.5, 0.6) is 0 Å². The predicted octanol–water partition coefficient (Wildman–Crippen LogP) is 5.38. The van der Waals surface area contributed by atoms with Gasteiger partial charge in [-0.1, -0.05) is 60.5 Å². The second kappa shape index (κ2) is 10.2. The van der Waals surface area contributed by atoms with Crippen LogP contribution in [-0.4, -0.2) is 20.9 Å². The molecule has 0 aliphatic rings. The van der Waals surface area contributed by atoms with E-state index < -0.39 is 10.0 Å². The van der Waals surface area contributed by atoms with Gasteiger partial charge in [0.2, 0.25) is 5.91 Å². The van der Waals surface area contributed by atoms with Crippen molar-refractivity contribution in [1.82, 2.24) is 5.32 Å². The second-order valence-electron chi connectivity index (χ2n) is 8.53. The van der Waals surface area contributed by atoms with E-state index in [2.05, 4.69) is 5.32 Å². The number of benzene rings is 3. The smallest absolute Gasteiger partial charge is 0.264 e. The molecule has 6 heteroatoms. The largest absolute Gasteiger partial charge is 0.348 e. The Kier molecular flexibility index (Phi) is 7.59. The number of anilines is 1. The molecule has 174 valence electrons. The molecule has 0 aliphatic heterocycles. The highest BCUT2D eigenvalue weighted by Gasteiger charge is 2.28. The van der Waals surface area contributed by atoms with E-state index in [9.17, 15) is 13.2 Å². The van der Waals surface area contributed by atoms with Crippen LogP contribution in [0, 0.1) is 27.7 Å². The zero-order valence-electron chi connectivity index (χ0n) is 19.9. The SMILES string of the molecule is CC[C@H](NC(=O)CN(c1ccc(C)c(C)c1)S(=O)(=O)c1ccc(C)cc1)c1ccc(C)cc1. The fourth-order valence-corrected chi connectivity index (χ4v) is 5.04. The van der Waals surface area contributed by atoms with Crippen molar-refractivity contribution >= 4 is 21.6 Å². The third kappa shape index (κ3) is 5.82. The van der Waals surface area contributed by atoms with Gasteiger partial charge in [-0.25, -0.2) is 8.42 Å². The van der Waals surface area contributed by atoms with Gasteiger partial charge in [0.1, 0.15) is 6.54 Å². The number of sulfonamides is 1. The van der Waals surface area contributed by atoms with Gasteiger partial charge < -0.3 is 5.32 Å². The number of carbonyl (C=O) groups is 1. The zero-order valence-corrected chi connectivity index (χ0v) is 20.7. The van der Waals surface area contributed by atoms with Crippen molar-refractivity contribution in [3.63, 3.8) is 0 Å². The number of carbonyl (C=O) groups excluding carboxylic acids is 1. The van der Waals surface area contributed by atoms with Gasteiger partial charge in [-0.3, -0.25) is 9.10 Å². The van der Waals surface area contributed by atoms with Crippen molar-refractivity contribution < 1.29 is 13.2 Å². The lowest BCUT2D eigenvalue weighted by atomic mass is 10.0. The van der Waals surface area contributed by atoms with Gasteiger partial charge in [0.25, 0.3) is 10.0 Å². The van der Waals surface area contributed by atoms with E-state index in [0.717, 1.165) is 27.8 Å². The van der Waals surface area contributed by atoms with Crippen LogP contribution in [0.2, 0.25) is 0 Å². The van der Waals surface area contributed by atoms with E-state index in [1.54, 1.807) is 30.3 Å². The minimum Gasteiger partial charge on any atom is -0.348 e. The fourth-order valence-electron chi connectivity index (χ4n) is 3.62. The molecule has 1 N–H and O–H groups in total. The van der Waals surface area contributed by atoms with Gasteiger partial charge in [-0.05, 0) is 75.1 Å². The van der Waals surface area contributed by atoms with Crippen molar-refractivity contribution in [3.8, 4) is 0 Å². The third-order valence-corrected chi connectivity index (χ3v) is 7.69. The quantitative estimate of drug-likeness (QED) is 0.486. The average molecular weight is 465 g/mol. The van der Waals surface area contributed by atoms with Gasteiger partial charge in [0, 0.05) is 0 Å². The summed E-state index contributed by atoms with van der Waals surface area (Å²) in [7, 11) is -3.94. The van der Waals surface area contributed by atoms with Gasteiger partial charge in [-0.2, -0.15) is 0 Å². The molecule has 0 saturated carbocycles. The minimum atomic E-state index is -3.94. The van der Waals surface area contributed by atoms with E-state index in [4.69, 9.17) is 0 Å². The molecule has 1 atom stereocenters. The lowest BCUT2D eigenvalue weighted by Gasteiger charge is -2.26. The third-order valence-electron chi connectivity index (χ3n) is 5.90. The van der Waals surface area contributed by atoms with E-state index in [1.807, 2.05) is 71.0 Å². The fraction of sp³-hybridized carbons (Fsp3) is 0.296. The molecular weight excluding hydrogens is 432 g/mol. The summed E-state index contributed by atoms with van der Waals surface area (Å²) in [6.07, 6.45) is 0.698. The van der Waals surface area contributed by atoms with E-state index in [1.165, 1.54) is 4.31 Å². The summed E-state index contributed by atoms with van der Waals surface area (Å²) in [6.45, 7) is 9.51. The highest BCUT2D eigenvalue weighted by molar-refractivity contribution is 7.92. The first-order valence-corrected chi connectivity index (χ1v) is 12.6. The van der Waals surface area contributed by atoms with E-state index in [0.29, 0.717) is 12.1 Å². The summed E-state index contributed by atoms with van der Waals surface area (Å²) >= 11 is 0. The maximum Gasteiger partial charge on any atom is 0.264 e. The maximum absolute atomic E-state index is 13.6. The standard InChI is InChI=1S/C27H32N2O3S/c1-6-26(23-12-7-19(2)8-13-23)28-27(30)18-29(24-14-11-21(4)22(5)17-24)33(31,32)25-15-9-20(3)10-16-25/h7-17,26H,6,18H2,1-5H3,(H,28,30)/t26-/m0/s1. The summed E-state index contributed by atoms with van der Waals surface area (Å²) in [6, 6.07) is 19.9. The number of amides is 1. The predicted molar refractivity (Wildman–Crippen MR) is 134 cm³/mol. The topological polar surface area (TPSA) is 66.5 Å². The molecular formula is C27H32N2O3S. The molecule has 0 spiro atoms. The Labute approximate surface area is 197 Å². The molecule has 3 aromatic rings. The van der Waals surface area contributed by atoms with Crippen molar-refractivity contribution in [1.29, 1.82) is 0 Å². The first-order chi connectivity index (χ1) is 15.6. The van der Waals surface area contributed by atoms with Gasteiger partial charge in [0.05, 0.1) is 16.6 Å². The first-order valence-electron chi connectivity index (χ1n) is 11.1. The molecule has 0 aromatic heterocycles. The first kappa shape index (κ1) is 24.5. The average Bonchev–Trinajstić information content (AvgIpc) is 2.78. The van der Waals surface area contributed by atoms with Crippen LogP contribution >= 0.6 is 0 Å². The van der Waals surface area contributed by atoms with Crippen LogP contribution in [-0.2, 0) is 14.8 Å². The highest BCUT2D eigenvalue weighted by atomic mass is 32.2. The minimum absolute atomic E-state index is 0.157. The summed E-state index contributed by atoms with van der Waals surface area (Å²) in [5.41, 5.74) is 5.59. The molecule has 0 bridgehead atoms. The Morgan fingerprint density at radius 2 is 1.42 bits per heavy atom. The van der Waals surface area contributed by atoms with Crippen LogP contribution < -0.4 is 9.62 Å². The summed E-state index contributed by atoms with van der Waals surface area (Å²) in [5.74, 6) is -0.351. The number of nitrogens with one attached hydrogen (secondary N) is 1. The van der Waals surface area contributed by atoms with Crippen LogP contribution in [0.4, 0.5) is 5.69 Å². The second-order valence-corrected chi connectivity index (χ2v) is 10.4. The van der Waals surface area contributed by atoms with Crippen LogP contribution in [0.1, 0.15) is 47.2 Å². The number of rotatable bonds is 8. The van der Waals surface area contributed by atoms with Crippen molar-refractivity contribution in [2.75, 3.05) is 10.8 Å². The molecule has 1 amide bonds. The lowest BCUT2D eigenvalue weighted by Crippen LogP contribution is -2.42. The molecule has 5 nitrogen and oxygen atoms in total. The summed E-state index contributed by atoms with van der Waals surface area (Å²) in [5, 5.41) is 3.02. The Balaban J connectivity index is 1.93. The monoisotopic (exact) mass is 464 g/mol. The van der Waals surface area contributed by atoms with Gasteiger partial charge >= 0.3 is 0 Å². The Morgan fingerprint density at radius 3 is 1.97 bits per heavy atom. The molecule has 0 aliphatic carbocycles. The van der Waals surface area contributed by atoms with Gasteiger partial charge in [0.15, 0.2) is 0 Å². The normalized spacial score (nSPS) is 12.3. The Bertz CT molecular complexity index is 1220. The van der Waals surface area contributed by atoms with Crippen molar-refractivity contribution in [3.05, 3.63) is 94.5 Å². The molecule has 0 unspecified atom stereocenters. The number of aryl methyl sites for hydroxylation is 4. The van der Waals surface area contributed by atoms with Crippen LogP contribution in [0.3, 0.4) is 0 Å². The molecule has 0 radical (unpaired) electrons. The van der Waals surface area contributed by atoms with Crippen molar-refractivity contribution in [2.24, 2.45) is 0 Å². The zero-order chi connectivity index (χ0) is 24.2. The molecule has 3 aromatic carbocycles. The summed E-state index contributed by atoms with van der Waals surface area (Å²) in [4.78, 5) is 13.3.